The first-order valence-electron chi connectivity index (χ1n) is 8.13. The molecule has 0 bridgehead atoms. The van der Waals surface area contributed by atoms with Gasteiger partial charge in [0.05, 0.1) is 23.9 Å². The van der Waals surface area contributed by atoms with Gasteiger partial charge in [-0.3, -0.25) is 0 Å². The summed E-state index contributed by atoms with van der Waals surface area (Å²) < 4.78 is 7.06. The Kier molecular flexibility index (Phi) is 3.89. The molecule has 3 aromatic carbocycles. The number of aromatic carboxylic acids is 1. The van der Waals surface area contributed by atoms with Gasteiger partial charge in [-0.15, -0.1) is 0 Å². The van der Waals surface area contributed by atoms with Crippen molar-refractivity contribution in [2.24, 2.45) is 0 Å². The molecule has 4 aromatic rings. The smallest absolute Gasteiger partial charge is 0.335 e. The third kappa shape index (κ3) is 2.69. The maximum absolute atomic E-state index is 11.1. The van der Waals surface area contributed by atoms with E-state index < -0.39 is 5.97 Å². The number of rotatable bonds is 4. The maximum Gasteiger partial charge on any atom is 0.335 e. The number of methoxy groups -OCH3 is 1. The zero-order valence-electron chi connectivity index (χ0n) is 14.1. The molecule has 0 radical (unpaired) electrons. The Morgan fingerprint density at radius 1 is 0.962 bits per heavy atom. The molecule has 0 fully saturated rings. The number of benzene rings is 3. The first-order valence-corrected chi connectivity index (χ1v) is 8.13. The summed E-state index contributed by atoms with van der Waals surface area (Å²) in [4.78, 5) is 11.1. The van der Waals surface area contributed by atoms with Crippen molar-refractivity contribution in [1.82, 2.24) is 9.78 Å². The fourth-order valence-electron chi connectivity index (χ4n) is 2.97. The Morgan fingerprint density at radius 3 is 2.31 bits per heavy atom. The minimum absolute atomic E-state index is 0.251. The summed E-state index contributed by atoms with van der Waals surface area (Å²) in [7, 11) is 1.64. The van der Waals surface area contributed by atoms with E-state index in [2.05, 4.69) is 0 Å². The summed E-state index contributed by atoms with van der Waals surface area (Å²) in [6, 6.07) is 22.4. The lowest BCUT2D eigenvalue weighted by Crippen LogP contribution is -1.99. The van der Waals surface area contributed by atoms with Gasteiger partial charge < -0.3 is 9.84 Å². The van der Waals surface area contributed by atoms with Crippen LogP contribution in [0.5, 0.6) is 5.75 Å². The van der Waals surface area contributed by atoms with Crippen LogP contribution in [0.2, 0.25) is 0 Å². The zero-order valence-corrected chi connectivity index (χ0v) is 14.1. The molecule has 128 valence electrons. The van der Waals surface area contributed by atoms with Crippen LogP contribution in [0, 0.1) is 0 Å². The number of fused-ring (bicyclic) bond motifs is 1. The molecule has 0 saturated heterocycles. The Labute approximate surface area is 150 Å². The van der Waals surface area contributed by atoms with Crippen LogP contribution >= 0.6 is 0 Å². The van der Waals surface area contributed by atoms with E-state index in [9.17, 15) is 4.79 Å². The number of ether oxygens (including phenoxy) is 1. The quantitative estimate of drug-likeness (QED) is 0.596. The first-order chi connectivity index (χ1) is 12.7. The number of carboxylic acids is 1. The molecule has 0 aliphatic rings. The van der Waals surface area contributed by atoms with Gasteiger partial charge in [-0.2, -0.15) is 5.10 Å². The number of para-hydroxylation sites is 1. The normalized spacial score (nSPS) is 10.8. The van der Waals surface area contributed by atoms with Crippen molar-refractivity contribution >= 4 is 16.9 Å². The predicted octanol–water partition coefficient (Wildman–Crippen LogP) is 4.40. The highest BCUT2D eigenvalue weighted by Gasteiger charge is 2.13. The summed E-state index contributed by atoms with van der Waals surface area (Å²) in [5.41, 5.74) is 3.88. The lowest BCUT2D eigenvalue weighted by molar-refractivity contribution is 0.0697. The van der Waals surface area contributed by atoms with E-state index >= 15 is 0 Å². The highest BCUT2D eigenvalue weighted by molar-refractivity contribution is 5.94. The molecule has 0 unspecified atom stereocenters. The van der Waals surface area contributed by atoms with E-state index in [1.54, 1.807) is 31.4 Å². The number of carbonyl (C=O) groups is 1. The van der Waals surface area contributed by atoms with Gasteiger partial charge in [-0.25, -0.2) is 9.48 Å². The monoisotopic (exact) mass is 344 g/mol. The molecular weight excluding hydrogens is 328 g/mol. The van der Waals surface area contributed by atoms with Crippen molar-refractivity contribution in [3.63, 3.8) is 0 Å². The molecule has 0 saturated carbocycles. The number of hydrogen-bond acceptors (Lipinski definition) is 3. The van der Waals surface area contributed by atoms with E-state index in [1.807, 2.05) is 53.2 Å². The standard InChI is InChI=1S/C21H16N2O3/c1-26-17-12-8-14(9-13-17)20-18-4-2-3-5-19(18)23(22-20)16-10-6-15(7-11-16)21(24)25/h2-13H,1H3,(H,24,25). The van der Waals surface area contributed by atoms with Crippen LogP contribution < -0.4 is 4.74 Å². The number of carboxylic acid groups (broad SMARTS) is 1. The molecule has 0 amide bonds. The third-order valence-electron chi connectivity index (χ3n) is 4.31. The average Bonchev–Trinajstić information content (AvgIpc) is 3.08. The van der Waals surface area contributed by atoms with E-state index in [0.29, 0.717) is 0 Å². The van der Waals surface area contributed by atoms with Crippen molar-refractivity contribution in [2.75, 3.05) is 7.11 Å². The lowest BCUT2D eigenvalue weighted by atomic mass is 10.1. The van der Waals surface area contributed by atoms with Gasteiger partial charge in [0.15, 0.2) is 0 Å². The molecular formula is C21H16N2O3. The van der Waals surface area contributed by atoms with Crippen LogP contribution in [-0.2, 0) is 0 Å². The predicted molar refractivity (Wildman–Crippen MR) is 100 cm³/mol. The van der Waals surface area contributed by atoms with E-state index in [0.717, 1.165) is 33.6 Å². The molecule has 1 aromatic heterocycles. The van der Waals surface area contributed by atoms with Gasteiger partial charge in [-0.05, 0) is 54.6 Å². The summed E-state index contributed by atoms with van der Waals surface area (Å²) in [5.74, 6) is -0.150. The van der Waals surface area contributed by atoms with Crippen LogP contribution in [0.25, 0.3) is 27.8 Å². The van der Waals surface area contributed by atoms with Crippen LogP contribution in [0.15, 0.2) is 72.8 Å². The molecule has 1 N–H and O–H groups in total. The fraction of sp³-hybridized carbons (Fsp3) is 0.0476. The van der Waals surface area contributed by atoms with Crippen LogP contribution in [-0.4, -0.2) is 28.0 Å². The minimum Gasteiger partial charge on any atom is -0.497 e. The van der Waals surface area contributed by atoms with Gasteiger partial charge in [-0.1, -0.05) is 18.2 Å². The number of aromatic nitrogens is 2. The van der Waals surface area contributed by atoms with Gasteiger partial charge in [0.1, 0.15) is 11.4 Å². The summed E-state index contributed by atoms with van der Waals surface area (Å²) >= 11 is 0. The van der Waals surface area contributed by atoms with Gasteiger partial charge in [0.25, 0.3) is 0 Å². The first kappa shape index (κ1) is 15.9. The van der Waals surface area contributed by atoms with E-state index in [-0.39, 0.29) is 5.56 Å². The number of hydrogen-bond donors (Lipinski definition) is 1. The average molecular weight is 344 g/mol. The van der Waals surface area contributed by atoms with E-state index in [1.165, 1.54) is 0 Å². The minimum atomic E-state index is -0.944. The largest absolute Gasteiger partial charge is 0.497 e. The molecule has 0 aliphatic carbocycles. The molecule has 0 aliphatic heterocycles. The number of nitrogens with zero attached hydrogens (tertiary/aromatic N) is 2. The Bertz CT molecular complexity index is 1080. The van der Waals surface area contributed by atoms with E-state index in [4.69, 9.17) is 14.9 Å². The molecule has 5 heteroatoms. The SMILES string of the molecule is COc1ccc(-c2nn(-c3ccc(C(=O)O)cc3)c3ccccc23)cc1. The summed E-state index contributed by atoms with van der Waals surface area (Å²) in [6.45, 7) is 0. The van der Waals surface area contributed by atoms with Crippen LogP contribution in [0.3, 0.4) is 0 Å². The molecule has 1 heterocycles. The topological polar surface area (TPSA) is 64.4 Å². The van der Waals surface area contributed by atoms with Crippen molar-refractivity contribution in [3.8, 4) is 22.7 Å². The van der Waals surface area contributed by atoms with Crippen LogP contribution in [0.1, 0.15) is 10.4 Å². The lowest BCUT2D eigenvalue weighted by Gasteiger charge is -2.04. The van der Waals surface area contributed by atoms with Crippen LogP contribution in [0.4, 0.5) is 0 Å². The van der Waals surface area contributed by atoms with Gasteiger partial charge >= 0.3 is 5.97 Å². The molecule has 5 nitrogen and oxygen atoms in total. The summed E-state index contributed by atoms with van der Waals surface area (Å²) in [6.07, 6.45) is 0. The van der Waals surface area contributed by atoms with Gasteiger partial charge in [0, 0.05) is 10.9 Å². The van der Waals surface area contributed by atoms with Crippen molar-refractivity contribution < 1.29 is 14.6 Å². The van der Waals surface area contributed by atoms with Gasteiger partial charge in [0.2, 0.25) is 0 Å². The molecule has 0 atom stereocenters. The Morgan fingerprint density at radius 2 is 1.65 bits per heavy atom. The Balaban J connectivity index is 1.87. The summed E-state index contributed by atoms with van der Waals surface area (Å²) in [5, 5.41) is 14.9. The third-order valence-corrected chi connectivity index (χ3v) is 4.31. The highest BCUT2D eigenvalue weighted by atomic mass is 16.5. The van der Waals surface area contributed by atoms with Crippen molar-refractivity contribution in [3.05, 3.63) is 78.4 Å². The maximum atomic E-state index is 11.1. The van der Waals surface area contributed by atoms with Crippen molar-refractivity contribution in [2.45, 2.75) is 0 Å². The molecule has 4 rings (SSSR count). The highest BCUT2D eigenvalue weighted by Crippen LogP contribution is 2.30. The molecule has 0 spiro atoms. The molecule has 26 heavy (non-hydrogen) atoms. The second-order valence-electron chi connectivity index (χ2n) is 5.86. The zero-order chi connectivity index (χ0) is 18.1. The fourth-order valence-corrected chi connectivity index (χ4v) is 2.97. The Hall–Kier alpha value is -3.60. The second kappa shape index (κ2) is 6.37. The van der Waals surface area contributed by atoms with Crippen molar-refractivity contribution in [1.29, 1.82) is 0 Å². The second-order valence-corrected chi connectivity index (χ2v) is 5.86.